The molecular weight excluding hydrogens is 208 g/mol. The number of hydrogen-bond acceptors (Lipinski definition) is 4. The van der Waals surface area contributed by atoms with Crippen LogP contribution in [-0.4, -0.2) is 17.7 Å². The molecule has 0 bridgehead atoms. The minimum atomic E-state index is -0.906. The number of rotatable bonds is 3. The van der Waals surface area contributed by atoms with Gasteiger partial charge in [-0.3, -0.25) is 9.59 Å². The van der Waals surface area contributed by atoms with Gasteiger partial charge in [0.05, 0.1) is 0 Å². The van der Waals surface area contributed by atoms with Crippen molar-refractivity contribution in [1.82, 2.24) is 0 Å². The largest absolute Gasteiger partial charge is 0.422 e. The van der Waals surface area contributed by atoms with Crippen molar-refractivity contribution in [2.24, 2.45) is 5.92 Å². The van der Waals surface area contributed by atoms with Crippen LogP contribution in [0, 0.1) is 5.92 Å². The van der Waals surface area contributed by atoms with Crippen molar-refractivity contribution in [3.05, 3.63) is 0 Å². The summed E-state index contributed by atoms with van der Waals surface area (Å²) < 4.78 is 10.7. The van der Waals surface area contributed by atoms with Gasteiger partial charge in [-0.1, -0.05) is 19.8 Å². The molecular formula is C12H18O4. The smallest absolute Gasteiger partial charge is 0.323 e. The molecule has 0 radical (unpaired) electrons. The number of esters is 2. The van der Waals surface area contributed by atoms with E-state index in [9.17, 15) is 9.59 Å². The maximum absolute atomic E-state index is 11.7. The van der Waals surface area contributed by atoms with Gasteiger partial charge in [-0.05, 0) is 19.3 Å². The Morgan fingerprint density at radius 1 is 1.19 bits per heavy atom. The van der Waals surface area contributed by atoms with Crippen LogP contribution in [0.4, 0.5) is 0 Å². The molecule has 0 aromatic rings. The molecule has 0 amide bonds. The summed E-state index contributed by atoms with van der Waals surface area (Å²) in [5.74, 6) is -2.36. The Morgan fingerprint density at radius 2 is 1.75 bits per heavy atom. The van der Waals surface area contributed by atoms with E-state index in [1.54, 1.807) is 0 Å². The third kappa shape index (κ3) is 2.06. The Kier molecular flexibility index (Phi) is 3.17. The standard InChI is InChI=1S/C12H18O4/c1-2-3-6-9-10(13)15-12(16-11(9)14)7-4-5-8-12/h9H,2-8H2,1H3. The Balaban J connectivity index is 2.01. The van der Waals surface area contributed by atoms with Crippen LogP contribution < -0.4 is 0 Å². The maximum Gasteiger partial charge on any atom is 0.323 e. The maximum atomic E-state index is 11.7. The lowest BCUT2D eigenvalue weighted by molar-refractivity contribution is -0.250. The molecule has 0 aromatic carbocycles. The van der Waals surface area contributed by atoms with E-state index < -0.39 is 11.7 Å². The van der Waals surface area contributed by atoms with Crippen molar-refractivity contribution >= 4 is 11.9 Å². The molecule has 2 aliphatic rings. The number of unbranched alkanes of at least 4 members (excludes halogenated alkanes) is 1. The van der Waals surface area contributed by atoms with E-state index in [0.717, 1.165) is 25.7 Å². The van der Waals surface area contributed by atoms with Crippen LogP contribution in [0.1, 0.15) is 51.9 Å². The number of ether oxygens (including phenoxy) is 2. The quantitative estimate of drug-likeness (QED) is 0.546. The van der Waals surface area contributed by atoms with Crippen molar-refractivity contribution in [2.75, 3.05) is 0 Å². The second-order valence-corrected chi connectivity index (χ2v) is 4.65. The highest BCUT2D eigenvalue weighted by Crippen LogP contribution is 2.39. The highest BCUT2D eigenvalue weighted by atomic mass is 16.7. The van der Waals surface area contributed by atoms with Crippen LogP contribution in [0.3, 0.4) is 0 Å². The normalized spacial score (nSPS) is 24.6. The summed E-state index contributed by atoms with van der Waals surface area (Å²) in [4.78, 5) is 23.5. The Labute approximate surface area is 95.3 Å². The predicted molar refractivity (Wildman–Crippen MR) is 56.4 cm³/mol. The molecule has 4 nitrogen and oxygen atoms in total. The van der Waals surface area contributed by atoms with Crippen molar-refractivity contribution in [2.45, 2.75) is 57.7 Å². The van der Waals surface area contributed by atoms with Crippen LogP contribution >= 0.6 is 0 Å². The average molecular weight is 226 g/mol. The van der Waals surface area contributed by atoms with Crippen LogP contribution in [0.15, 0.2) is 0 Å². The van der Waals surface area contributed by atoms with Crippen molar-refractivity contribution in [3.8, 4) is 0 Å². The van der Waals surface area contributed by atoms with Gasteiger partial charge in [0.25, 0.3) is 5.79 Å². The summed E-state index contributed by atoms with van der Waals surface area (Å²) in [7, 11) is 0. The van der Waals surface area contributed by atoms with E-state index in [1.165, 1.54) is 0 Å². The third-order valence-corrected chi connectivity index (χ3v) is 3.35. The summed E-state index contributed by atoms with van der Waals surface area (Å²) in [6.07, 6.45) is 5.59. The van der Waals surface area contributed by atoms with E-state index in [0.29, 0.717) is 19.3 Å². The van der Waals surface area contributed by atoms with Crippen LogP contribution in [0.25, 0.3) is 0 Å². The number of hydrogen-bond donors (Lipinski definition) is 0. The fourth-order valence-electron chi connectivity index (χ4n) is 2.39. The van der Waals surface area contributed by atoms with Gasteiger partial charge in [0.1, 0.15) is 0 Å². The second-order valence-electron chi connectivity index (χ2n) is 4.65. The highest BCUT2D eigenvalue weighted by molar-refractivity contribution is 5.96. The summed E-state index contributed by atoms with van der Waals surface area (Å²) in [5.41, 5.74) is 0. The molecule has 2 rings (SSSR count). The van der Waals surface area contributed by atoms with Crippen LogP contribution in [0.5, 0.6) is 0 Å². The first kappa shape index (κ1) is 11.4. The van der Waals surface area contributed by atoms with E-state index >= 15 is 0 Å². The molecule has 16 heavy (non-hydrogen) atoms. The summed E-state index contributed by atoms with van der Waals surface area (Å²) in [6.45, 7) is 2.03. The van der Waals surface area contributed by atoms with E-state index in [1.807, 2.05) is 6.92 Å². The molecule has 0 N–H and O–H groups in total. The zero-order valence-corrected chi connectivity index (χ0v) is 9.66. The number of carbonyl (C=O) groups excluding carboxylic acids is 2. The van der Waals surface area contributed by atoms with E-state index in [2.05, 4.69) is 0 Å². The molecule has 1 heterocycles. The molecule has 1 saturated heterocycles. The second kappa shape index (κ2) is 4.44. The zero-order chi connectivity index (χ0) is 11.6. The van der Waals surface area contributed by atoms with Gasteiger partial charge in [-0.25, -0.2) is 0 Å². The zero-order valence-electron chi connectivity index (χ0n) is 9.66. The summed E-state index contributed by atoms with van der Waals surface area (Å²) >= 11 is 0. The highest BCUT2D eigenvalue weighted by Gasteiger charge is 2.49. The number of carbonyl (C=O) groups is 2. The predicted octanol–water partition coefficient (Wildman–Crippen LogP) is 2.16. The van der Waals surface area contributed by atoms with Crippen LogP contribution in [-0.2, 0) is 19.1 Å². The van der Waals surface area contributed by atoms with Gasteiger partial charge < -0.3 is 9.47 Å². The minimum absolute atomic E-state index is 0.383. The average Bonchev–Trinajstić information content (AvgIpc) is 2.65. The Hall–Kier alpha value is -1.06. The van der Waals surface area contributed by atoms with Gasteiger partial charge in [0.15, 0.2) is 5.92 Å². The lowest BCUT2D eigenvalue weighted by atomic mass is 10.0. The van der Waals surface area contributed by atoms with Gasteiger partial charge in [-0.15, -0.1) is 0 Å². The van der Waals surface area contributed by atoms with Gasteiger partial charge >= 0.3 is 11.9 Å². The molecule has 1 spiro atoms. The Morgan fingerprint density at radius 3 is 2.25 bits per heavy atom. The molecule has 1 saturated carbocycles. The van der Waals surface area contributed by atoms with Crippen LogP contribution in [0.2, 0.25) is 0 Å². The van der Waals surface area contributed by atoms with Gasteiger partial charge in [0, 0.05) is 12.8 Å². The molecule has 4 heteroatoms. The molecule has 0 unspecified atom stereocenters. The fourth-order valence-corrected chi connectivity index (χ4v) is 2.39. The first-order chi connectivity index (χ1) is 7.67. The van der Waals surface area contributed by atoms with Gasteiger partial charge in [0.2, 0.25) is 0 Å². The third-order valence-electron chi connectivity index (χ3n) is 3.35. The lowest BCUT2D eigenvalue weighted by Crippen LogP contribution is -2.48. The molecule has 90 valence electrons. The first-order valence-corrected chi connectivity index (χ1v) is 6.12. The SMILES string of the molecule is CCCCC1C(=O)OC2(CCCC2)OC1=O. The Bertz CT molecular complexity index is 271. The van der Waals surface area contributed by atoms with Gasteiger partial charge in [-0.2, -0.15) is 0 Å². The molecule has 1 aliphatic carbocycles. The molecule has 0 atom stereocenters. The van der Waals surface area contributed by atoms with Crippen molar-refractivity contribution in [3.63, 3.8) is 0 Å². The van der Waals surface area contributed by atoms with Crippen molar-refractivity contribution < 1.29 is 19.1 Å². The minimum Gasteiger partial charge on any atom is -0.422 e. The summed E-state index contributed by atoms with van der Waals surface area (Å²) in [6, 6.07) is 0. The van der Waals surface area contributed by atoms with E-state index in [-0.39, 0.29) is 11.9 Å². The molecule has 0 aromatic heterocycles. The molecule has 2 fully saturated rings. The topological polar surface area (TPSA) is 52.6 Å². The summed E-state index contributed by atoms with van der Waals surface area (Å²) in [5, 5.41) is 0. The first-order valence-electron chi connectivity index (χ1n) is 6.12. The van der Waals surface area contributed by atoms with E-state index in [4.69, 9.17) is 9.47 Å². The van der Waals surface area contributed by atoms with Crippen molar-refractivity contribution in [1.29, 1.82) is 0 Å². The molecule has 1 aliphatic heterocycles. The fraction of sp³-hybridized carbons (Fsp3) is 0.833. The lowest BCUT2D eigenvalue weighted by Gasteiger charge is -2.35. The monoisotopic (exact) mass is 226 g/mol.